The molecule has 1 atom stereocenters. The summed E-state index contributed by atoms with van der Waals surface area (Å²) in [5.41, 5.74) is 5.75. The maximum absolute atomic E-state index is 5.75. The minimum Gasteiger partial charge on any atom is -0.377 e. The second-order valence-electron chi connectivity index (χ2n) is 4.07. The SMILES string of the molecule is CSCCC(CN)N(C)CCOC(C)C. The molecule has 0 bridgehead atoms. The van der Waals surface area contributed by atoms with E-state index in [0.29, 0.717) is 12.1 Å². The largest absolute Gasteiger partial charge is 0.377 e. The van der Waals surface area contributed by atoms with Crippen LogP contribution in [0.5, 0.6) is 0 Å². The van der Waals surface area contributed by atoms with Crippen LogP contribution in [0.4, 0.5) is 0 Å². The normalized spacial score (nSPS) is 13.8. The lowest BCUT2D eigenvalue weighted by molar-refractivity contribution is 0.0563. The molecule has 0 fully saturated rings. The van der Waals surface area contributed by atoms with Crippen LogP contribution >= 0.6 is 11.8 Å². The van der Waals surface area contributed by atoms with Gasteiger partial charge in [0.2, 0.25) is 0 Å². The summed E-state index contributed by atoms with van der Waals surface area (Å²) >= 11 is 1.88. The predicted molar refractivity (Wildman–Crippen MR) is 69.6 cm³/mol. The summed E-state index contributed by atoms with van der Waals surface area (Å²) in [6, 6.07) is 0.494. The molecule has 0 aromatic rings. The Balaban J connectivity index is 3.67. The van der Waals surface area contributed by atoms with E-state index in [1.54, 1.807) is 0 Å². The van der Waals surface area contributed by atoms with Gasteiger partial charge in [-0.2, -0.15) is 11.8 Å². The average Bonchev–Trinajstić information content (AvgIpc) is 2.18. The van der Waals surface area contributed by atoms with E-state index in [0.717, 1.165) is 26.1 Å². The molecule has 0 aromatic heterocycles. The van der Waals surface area contributed by atoms with E-state index in [9.17, 15) is 0 Å². The van der Waals surface area contributed by atoms with Crippen LogP contribution in [-0.4, -0.2) is 55.8 Å². The minimum atomic E-state index is 0.320. The van der Waals surface area contributed by atoms with Gasteiger partial charge in [0.25, 0.3) is 0 Å². The minimum absolute atomic E-state index is 0.320. The summed E-state index contributed by atoms with van der Waals surface area (Å²) < 4.78 is 5.52. The van der Waals surface area contributed by atoms with Crippen LogP contribution in [0.25, 0.3) is 0 Å². The summed E-state index contributed by atoms with van der Waals surface area (Å²) in [7, 11) is 2.13. The maximum Gasteiger partial charge on any atom is 0.0596 e. The van der Waals surface area contributed by atoms with Gasteiger partial charge in [0, 0.05) is 19.1 Å². The fourth-order valence-electron chi connectivity index (χ4n) is 1.39. The van der Waals surface area contributed by atoms with E-state index in [4.69, 9.17) is 10.5 Å². The summed E-state index contributed by atoms with van der Waals surface area (Å²) in [5, 5.41) is 0. The van der Waals surface area contributed by atoms with Gasteiger partial charge in [0.05, 0.1) is 12.7 Å². The molecule has 0 aliphatic heterocycles. The molecule has 0 saturated heterocycles. The van der Waals surface area contributed by atoms with Crippen molar-refractivity contribution >= 4 is 11.8 Å². The molecule has 3 nitrogen and oxygen atoms in total. The summed E-state index contributed by atoms with van der Waals surface area (Å²) in [5.74, 6) is 1.18. The van der Waals surface area contributed by atoms with E-state index in [2.05, 4.69) is 32.1 Å². The number of likely N-dealkylation sites (N-methyl/N-ethyl adjacent to an activating group) is 1. The first kappa shape index (κ1) is 15.2. The van der Waals surface area contributed by atoms with Gasteiger partial charge >= 0.3 is 0 Å². The molecule has 15 heavy (non-hydrogen) atoms. The topological polar surface area (TPSA) is 38.5 Å². The highest BCUT2D eigenvalue weighted by Gasteiger charge is 2.12. The molecule has 0 spiro atoms. The Hall–Kier alpha value is 0.230. The molecule has 4 heteroatoms. The molecule has 1 unspecified atom stereocenters. The second-order valence-corrected chi connectivity index (χ2v) is 5.06. The molecule has 0 rings (SSSR count). The van der Waals surface area contributed by atoms with Crippen molar-refractivity contribution in [3.8, 4) is 0 Å². The van der Waals surface area contributed by atoms with Crippen LogP contribution in [0.2, 0.25) is 0 Å². The molecule has 0 radical (unpaired) electrons. The molecular weight excluding hydrogens is 208 g/mol. The highest BCUT2D eigenvalue weighted by atomic mass is 32.2. The van der Waals surface area contributed by atoms with Gasteiger partial charge in [0.1, 0.15) is 0 Å². The van der Waals surface area contributed by atoms with Gasteiger partial charge in [0.15, 0.2) is 0 Å². The fourth-order valence-corrected chi connectivity index (χ4v) is 1.89. The van der Waals surface area contributed by atoms with Crippen LogP contribution < -0.4 is 5.73 Å². The zero-order chi connectivity index (χ0) is 11.7. The first-order chi connectivity index (χ1) is 7.11. The first-order valence-corrected chi connectivity index (χ1v) is 7.02. The number of ether oxygens (including phenoxy) is 1. The molecule has 0 aliphatic carbocycles. The lowest BCUT2D eigenvalue weighted by atomic mass is 10.2. The van der Waals surface area contributed by atoms with Crippen LogP contribution in [0.3, 0.4) is 0 Å². The molecule has 92 valence electrons. The smallest absolute Gasteiger partial charge is 0.0596 e. The fraction of sp³-hybridized carbons (Fsp3) is 1.00. The third-order valence-corrected chi connectivity index (χ3v) is 3.09. The number of hydrogen-bond donors (Lipinski definition) is 1. The molecule has 2 N–H and O–H groups in total. The van der Waals surface area contributed by atoms with Gasteiger partial charge in [-0.25, -0.2) is 0 Å². The lowest BCUT2D eigenvalue weighted by Crippen LogP contribution is -2.40. The van der Waals surface area contributed by atoms with Gasteiger partial charge in [-0.15, -0.1) is 0 Å². The highest BCUT2D eigenvalue weighted by Crippen LogP contribution is 2.05. The van der Waals surface area contributed by atoms with Crippen molar-refractivity contribution in [3.63, 3.8) is 0 Å². The van der Waals surface area contributed by atoms with Crippen molar-refractivity contribution in [2.45, 2.75) is 32.4 Å². The quantitative estimate of drug-likeness (QED) is 0.655. The van der Waals surface area contributed by atoms with E-state index in [1.807, 2.05) is 11.8 Å². The predicted octanol–water partition coefficient (Wildman–Crippen LogP) is 1.42. The number of rotatable bonds is 9. The third-order valence-electron chi connectivity index (χ3n) is 2.45. The maximum atomic E-state index is 5.75. The summed E-state index contributed by atoms with van der Waals surface area (Å²) in [4.78, 5) is 2.30. The van der Waals surface area contributed by atoms with Crippen molar-refractivity contribution in [2.24, 2.45) is 5.73 Å². The van der Waals surface area contributed by atoms with Gasteiger partial charge < -0.3 is 10.5 Å². The number of hydrogen-bond acceptors (Lipinski definition) is 4. The molecule has 0 aromatic carbocycles. The van der Waals surface area contributed by atoms with Crippen LogP contribution in [0, 0.1) is 0 Å². The Morgan fingerprint density at radius 2 is 2.07 bits per heavy atom. The van der Waals surface area contributed by atoms with Crippen LogP contribution in [-0.2, 0) is 4.74 Å². The Labute approximate surface area is 98.7 Å². The molecular formula is C11H26N2OS. The number of nitrogens with zero attached hydrogens (tertiary/aromatic N) is 1. The van der Waals surface area contributed by atoms with Crippen LogP contribution in [0.15, 0.2) is 0 Å². The zero-order valence-electron chi connectivity index (χ0n) is 10.5. The van der Waals surface area contributed by atoms with Crippen molar-refractivity contribution in [2.75, 3.05) is 38.8 Å². The Morgan fingerprint density at radius 1 is 1.40 bits per heavy atom. The Morgan fingerprint density at radius 3 is 2.53 bits per heavy atom. The van der Waals surface area contributed by atoms with Gasteiger partial charge in [-0.1, -0.05) is 0 Å². The Kier molecular flexibility index (Phi) is 9.60. The summed E-state index contributed by atoms with van der Waals surface area (Å²) in [6.07, 6.45) is 3.62. The lowest BCUT2D eigenvalue weighted by Gasteiger charge is -2.26. The van der Waals surface area contributed by atoms with E-state index in [1.165, 1.54) is 5.75 Å². The second kappa shape index (κ2) is 9.46. The molecule has 0 heterocycles. The highest BCUT2D eigenvalue weighted by molar-refractivity contribution is 7.98. The van der Waals surface area contributed by atoms with Gasteiger partial charge in [-0.05, 0) is 39.3 Å². The average molecular weight is 234 g/mol. The zero-order valence-corrected chi connectivity index (χ0v) is 11.3. The van der Waals surface area contributed by atoms with Crippen molar-refractivity contribution in [1.82, 2.24) is 4.90 Å². The Bertz CT molecular complexity index is 145. The monoisotopic (exact) mass is 234 g/mol. The van der Waals surface area contributed by atoms with Crippen molar-refractivity contribution in [3.05, 3.63) is 0 Å². The first-order valence-electron chi connectivity index (χ1n) is 5.62. The van der Waals surface area contributed by atoms with Crippen molar-refractivity contribution in [1.29, 1.82) is 0 Å². The number of thioether (sulfide) groups is 1. The molecule has 0 aliphatic rings. The van der Waals surface area contributed by atoms with E-state index in [-0.39, 0.29) is 0 Å². The van der Waals surface area contributed by atoms with E-state index >= 15 is 0 Å². The standard InChI is InChI=1S/C11H26N2OS/c1-10(2)14-7-6-13(3)11(9-12)5-8-15-4/h10-11H,5-9,12H2,1-4H3. The molecule has 0 saturated carbocycles. The number of nitrogens with two attached hydrogens (primary N) is 1. The van der Waals surface area contributed by atoms with Crippen molar-refractivity contribution < 1.29 is 4.74 Å². The summed E-state index contributed by atoms with van der Waals surface area (Å²) in [6.45, 7) is 6.62. The van der Waals surface area contributed by atoms with E-state index < -0.39 is 0 Å². The van der Waals surface area contributed by atoms with Gasteiger partial charge in [-0.3, -0.25) is 4.90 Å². The molecule has 0 amide bonds. The third kappa shape index (κ3) is 8.08. The van der Waals surface area contributed by atoms with Crippen LogP contribution in [0.1, 0.15) is 20.3 Å².